The molecular formula is C24H40O4. The molecule has 0 aliphatic heterocycles. The number of rotatable bonds is 10. The Kier molecular flexibility index (Phi) is 10.1. The molecule has 0 aromatic carbocycles. The van der Waals surface area contributed by atoms with Crippen molar-refractivity contribution in [2.45, 2.75) is 110 Å². The summed E-state index contributed by atoms with van der Waals surface area (Å²) >= 11 is 0. The summed E-state index contributed by atoms with van der Waals surface area (Å²) in [5, 5.41) is 0. The number of hydrogen-bond acceptors (Lipinski definition) is 4. The zero-order valence-corrected chi connectivity index (χ0v) is 18.0. The van der Waals surface area contributed by atoms with Gasteiger partial charge < -0.3 is 9.47 Å². The van der Waals surface area contributed by atoms with Crippen LogP contribution in [0.5, 0.6) is 0 Å². The van der Waals surface area contributed by atoms with Crippen molar-refractivity contribution in [3.63, 3.8) is 0 Å². The van der Waals surface area contributed by atoms with E-state index in [2.05, 4.69) is 13.5 Å². The first-order valence-corrected chi connectivity index (χ1v) is 11.6. The normalized spacial score (nSPS) is 28.9. The van der Waals surface area contributed by atoms with Crippen LogP contribution in [0.25, 0.3) is 0 Å². The van der Waals surface area contributed by atoms with E-state index in [1.807, 2.05) is 6.92 Å². The maximum atomic E-state index is 12.5. The van der Waals surface area contributed by atoms with Crippen LogP contribution in [-0.2, 0) is 19.1 Å². The van der Waals surface area contributed by atoms with Gasteiger partial charge in [-0.3, -0.25) is 4.79 Å². The van der Waals surface area contributed by atoms with Gasteiger partial charge in [-0.25, -0.2) is 4.79 Å². The van der Waals surface area contributed by atoms with Gasteiger partial charge in [-0.2, -0.15) is 0 Å². The minimum Gasteiger partial charge on any atom is -0.462 e. The minimum atomic E-state index is -0.304. The van der Waals surface area contributed by atoms with Gasteiger partial charge in [0.2, 0.25) is 0 Å². The predicted octanol–water partition coefficient (Wildman–Crippen LogP) is 5.98. The number of esters is 2. The molecule has 0 bridgehead atoms. The van der Waals surface area contributed by atoms with Gasteiger partial charge in [0.25, 0.3) is 0 Å². The molecular weight excluding hydrogens is 352 g/mol. The minimum absolute atomic E-state index is 0.0292. The third kappa shape index (κ3) is 7.60. The highest BCUT2D eigenvalue weighted by atomic mass is 16.5. The number of ether oxygens (including phenoxy) is 2. The lowest BCUT2D eigenvalue weighted by molar-refractivity contribution is -0.155. The van der Waals surface area contributed by atoms with Crippen molar-refractivity contribution in [3.8, 4) is 0 Å². The van der Waals surface area contributed by atoms with E-state index >= 15 is 0 Å². The predicted molar refractivity (Wildman–Crippen MR) is 112 cm³/mol. The van der Waals surface area contributed by atoms with Gasteiger partial charge in [-0.15, -0.1) is 0 Å². The molecule has 2 saturated carbocycles. The number of unbranched alkanes of at least 4 members (excludes halogenated alkanes) is 3. The smallest absolute Gasteiger partial charge is 0.330 e. The standard InChI is InChI=1S/C24H40O4/c1-4-6-7-8-9-18(3)27-24(26)21-12-10-19(11-13-21)20-14-16-22(17-15-20)28-23(25)5-2/h5,18-22H,2,4,6-17H2,1,3H3. The largest absolute Gasteiger partial charge is 0.462 e. The molecule has 1 atom stereocenters. The van der Waals surface area contributed by atoms with Crippen LogP contribution < -0.4 is 0 Å². The SMILES string of the molecule is C=CC(=O)OC1CCC(C2CCC(C(=O)OC(C)CCCCCC)CC2)CC1. The molecule has 0 amide bonds. The average Bonchev–Trinajstić information content (AvgIpc) is 2.72. The quantitative estimate of drug-likeness (QED) is 0.260. The molecule has 2 aliphatic rings. The van der Waals surface area contributed by atoms with Crippen molar-refractivity contribution in [1.82, 2.24) is 0 Å². The van der Waals surface area contributed by atoms with Crippen molar-refractivity contribution in [1.29, 1.82) is 0 Å². The molecule has 0 aromatic heterocycles. The zero-order valence-electron chi connectivity index (χ0n) is 18.0. The summed E-state index contributed by atoms with van der Waals surface area (Å²) in [6, 6.07) is 0. The number of hydrogen-bond donors (Lipinski definition) is 0. The van der Waals surface area contributed by atoms with Gasteiger partial charge in [-0.05, 0) is 83.0 Å². The van der Waals surface area contributed by atoms with E-state index in [4.69, 9.17) is 9.47 Å². The molecule has 0 saturated heterocycles. The van der Waals surface area contributed by atoms with Gasteiger partial charge in [0.1, 0.15) is 6.10 Å². The summed E-state index contributed by atoms with van der Waals surface area (Å²) in [4.78, 5) is 23.8. The third-order valence-corrected chi connectivity index (χ3v) is 6.72. The Morgan fingerprint density at radius 3 is 2.14 bits per heavy atom. The Hall–Kier alpha value is -1.32. The molecule has 160 valence electrons. The molecule has 0 N–H and O–H groups in total. The van der Waals surface area contributed by atoms with Gasteiger partial charge in [0, 0.05) is 6.08 Å². The summed E-state index contributed by atoms with van der Waals surface area (Å²) in [7, 11) is 0. The first-order chi connectivity index (χ1) is 13.5. The Bertz CT molecular complexity index is 485. The van der Waals surface area contributed by atoms with Gasteiger partial charge in [0.15, 0.2) is 0 Å². The van der Waals surface area contributed by atoms with Crippen LogP contribution in [0.3, 0.4) is 0 Å². The maximum Gasteiger partial charge on any atom is 0.330 e. The van der Waals surface area contributed by atoms with E-state index in [0.29, 0.717) is 11.8 Å². The zero-order chi connectivity index (χ0) is 20.4. The second kappa shape index (κ2) is 12.3. The van der Waals surface area contributed by atoms with Crippen LogP contribution in [0.1, 0.15) is 97.3 Å². The molecule has 4 heteroatoms. The van der Waals surface area contributed by atoms with Crippen LogP contribution >= 0.6 is 0 Å². The highest BCUT2D eigenvalue weighted by molar-refractivity contribution is 5.81. The summed E-state index contributed by atoms with van der Waals surface area (Å²) in [6.45, 7) is 7.71. The van der Waals surface area contributed by atoms with Crippen LogP contribution in [-0.4, -0.2) is 24.1 Å². The van der Waals surface area contributed by atoms with Crippen molar-refractivity contribution >= 4 is 11.9 Å². The van der Waals surface area contributed by atoms with Gasteiger partial charge in [0.05, 0.1) is 12.0 Å². The maximum absolute atomic E-state index is 12.5. The van der Waals surface area contributed by atoms with Crippen molar-refractivity contribution in [2.24, 2.45) is 17.8 Å². The monoisotopic (exact) mass is 392 g/mol. The Balaban J connectivity index is 1.63. The lowest BCUT2D eigenvalue weighted by Gasteiger charge is -2.37. The highest BCUT2D eigenvalue weighted by Gasteiger charge is 2.34. The summed E-state index contributed by atoms with van der Waals surface area (Å²) in [6.07, 6.45) is 15.6. The molecule has 4 nitrogen and oxygen atoms in total. The van der Waals surface area contributed by atoms with Crippen LogP contribution in [0.15, 0.2) is 12.7 Å². The van der Waals surface area contributed by atoms with E-state index < -0.39 is 0 Å². The first-order valence-electron chi connectivity index (χ1n) is 11.6. The summed E-state index contributed by atoms with van der Waals surface area (Å²) in [5.74, 6) is 1.25. The second-order valence-corrected chi connectivity index (χ2v) is 8.89. The van der Waals surface area contributed by atoms with E-state index in [9.17, 15) is 9.59 Å². The van der Waals surface area contributed by atoms with E-state index in [1.165, 1.54) is 25.3 Å². The lowest BCUT2D eigenvalue weighted by Crippen LogP contribution is -2.32. The van der Waals surface area contributed by atoms with E-state index in [0.717, 1.165) is 64.2 Å². The number of carbonyl (C=O) groups excluding carboxylic acids is 2. The first kappa shape index (κ1) is 23.0. The van der Waals surface area contributed by atoms with Crippen molar-refractivity contribution < 1.29 is 19.1 Å². The summed E-state index contributed by atoms with van der Waals surface area (Å²) in [5.41, 5.74) is 0. The van der Waals surface area contributed by atoms with Crippen LogP contribution in [0, 0.1) is 17.8 Å². The Morgan fingerprint density at radius 1 is 0.964 bits per heavy atom. The van der Waals surface area contributed by atoms with E-state index in [-0.39, 0.29) is 30.1 Å². The molecule has 0 spiro atoms. The fourth-order valence-corrected chi connectivity index (χ4v) is 4.93. The molecule has 0 aromatic rings. The molecule has 2 aliphatic carbocycles. The van der Waals surface area contributed by atoms with E-state index in [1.54, 1.807) is 0 Å². The number of carbonyl (C=O) groups is 2. The summed E-state index contributed by atoms with van der Waals surface area (Å²) < 4.78 is 11.1. The lowest BCUT2D eigenvalue weighted by atomic mass is 9.70. The topological polar surface area (TPSA) is 52.6 Å². The third-order valence-electron chi connectivity index (χ3n) is 6.72. The van der Waals surface area contributed by atoms with Gasteiger partial charge in [-0.1, -0.05) is 32.8 Å². The molecule has 1 unspecified atom stereocenters. The highest BCUT2D eigenvalue weighted by Crippen LogP contribution is 2.40. The average molecular weight is 393 g/mol. The Labute approximate surface area is 171 Å². The molecule has 0 heterocycles. The van der Waals surface area contributed by atoms with Gasteiger partial charge >= 0.3 is 11.9 Å². The fourth-order valence-electron chi connectivity index (χ4n) is 4.93. The van der Waals surface area contributed by atoms with Crippen LogP contribution in [0.2, 0.25) is 0 Å². The van der Waals surface area contributed by atoms with Crippen LogP contribution in [0.4, 0.5) is 0 Å². The second-order valence-electron chi connectivity index (χ2n) is 8.89. The van der Waals surface area contributed by atoms with Crippen molar-refractivity contribution in [3.05, 3.63) is 12.7 Å². The fraction of sp³-hybridized carbons (Fsp3) is 0.833. The van der Waals surface area contributed by atoms with Crippen molar-refractivity contribution in [2.75, 3.05) is 0 Å². The molecule has 2 fully saturated rings. The molecule has 0 radical (unpaired) electrons. The Morgan fingerprint density at radius 2 is 1.57 bits per heavy atom. The molecule has 2 rings (SSSR count). The molecule has 28 heavy (non-hydrogen) atoms.